The Morgan fingerprint density at radius 3 is 2.93 bits per heavy atom. The Bertz CT molecular complexity index is 1280. The Labute approximate surface area is 159 Å². The molecule has 4 heterocycles. The fraction of sp³-hybridized carbons (Fsp3) is 0.158. The fourth-order valence-electron chi connectivity index (χ4n) is 3.13. The van der Waals surface area contributed by atoms with Gasteiger partial charge in [-0.2, -0.15) is 5.10 Å². The topological polar surface area (TPSA) is 107 Å². The molecule has 0 spiro atoms. The van der Waals surface area contributed by atoms with Gasteiger partial charge in [0.2, 0.25) is 5.65 Å². The minimum Gasteiger partial charge on any atom is -0.394 e. The maximum atomic E-state index is 9.04. The lowest BCUT2D eigenvalue weighted by Gasteiger charge is -2.04. The van der Waals surface area contributed by atoms with Gasteiger partial charge in [0, 0.05) is 29.5 Å². The van der Waals surface area contributed by atoms with Crippen LogP contribution in [-0.2, 0) is 13.1 Å². The Morgan fingerprint density at radius 1 is 1.04 bits per heavy atom. The van der Waals surface area contributed by atoms with Gasteiger partial charge < -0.3 is 5.11 Å². The minimum atomic E-state index is 0.0315. The van der Waals surface area contributed by atoms with Crippen molar-refractivity contribution in [3.63, 3.8) is 0 Å². The molecule has 4 aromatic heterocycles. The summed E-state index contributed by atoms with van der Waals surface area (Å²) in [5, 5.41) is 23.8. The molecule has 0 atom stereocenters. The fourth-order valence-corrected chi connectivity index (χ4v) is 3.13. The first-order chi connectivity index (χ1) is 13.8. The molecule has 0 bridgehead atoms. The van der Waals surface area contributed by atoms with E-state index < -0.39 is 0 Å². The second-order valence-corrected chi connectivity index (χ2v) is 6.42. The number of hydrogen-bond acceptors (Lipinski definition) is 7. The van der Waals surface area contributed by atoms with E-state index in [1.807, 2.05) is 18.5 Å². The van der Waals surface area contributed by atoms with Crippen LogP contribution in [0.5, 0.6) is 0 Å². The smallest absolute Gasteiger partial charge is 0.221 e. The Kier molecular flexibility index (Phi) is 3.99. The van der Waals surface area contributed by atoms with Crippen LogP contribution in [0.2, 0.25) is 0 Å². The van der Waals surface area contributed by atoms with Crippen molar-refractivity contribution in [2.24, 2.45) is 0 Å². The highest BCUT2D eigenvalue weighted by atomic mass is 16.3. The first-order valence-electron chi connectivity index (χ1n) is 8.83. The van der Waals surface area contributed by atoms with E-state index in [0.717, 1.165) is 21.9 Å². The van der Waals surface area contributed by atoms with Crippen molar-refractivity contribution in [3.8, 4) is 11.3 Å². The molecule has 0 aliphatic rings. The van der Waals surface area contributed by atoms with Gasteiger partial charge in [0.1, 0.15) is 0 Å². The summed E-state index contributed by atoms with van der Waals surface area (Å²) in [4.78, 5) is 13.2. The van der Waals surface area contributed by atoms with Crippen molar-refractivity contribution in [2.45, 2.75) is 13.1 Å². The van der Waals surface area contributed by atoms with Gasteiger partial charge in [-0.3, -0.25) is 9.67 Å². The second kappa shape index (κ2) is 6.78. The first kappa shape index (κ1) is 16.5. The predicted octanol–water partition coefficient (Wildman–Crippen LogP) is 1.67. The van der Waals surface area contributed by atoms with E-state index in [4.69, 9.17) is 5.11 Å². The molecular formula is C19H16N8O. The number of rotatable bonds is 5. The third kappa shape index (κ3) is 2.97. The molecule has 9 nitrogen and oxygen atoms in total. The number of pyridine rings is 1. The monoisotopic (exact) mass is 372 g/mol. The lowest BCUT2D eigenvalue weighted by Crippen LogP contribution is -2.03. The third-order valence-electron chi connectivity index (χ3n) is 4.52. The third-order valence-corrected chi connectivity index (χ3v) is 4.52. The molecule has 5 aromatic rings. The lowest BCUT2D eigenvalue weighted by atomic mass is 10.1. The lowest BCUT2D eigenvalue weighted by molar-refractivity contribution is 0.269. The van der Waals surface area contributed by atoms with Crippen LogP contribution >= 0.6 is 0 Å². The highest BCUT2D eigenvalue weighted by Gasteiger charge is 2.12. The number of fused-ring (bicyclic) bond motifs is 2. The Balaban J connectivity index is 1.50. The number of aromatic nitrogens is 8. The molecule has 1 aromatic carbocycles. The van der Waals surface area contributed by atoms with Crippen molar-refractivity contribution >= 4 is 22.1 Å². The molecular weight excluding hydrogens is 356 g/mol. The molecule has 0 radical (unpaired) electrons. The molecule has 0 saturated carbocycles. The van der Waals surface area contributed by atoms with Gasteiger partial charge in [-0.1, -0.05) is 17.3 Å². The first-order valence-corrected chi connectivity index (χ1v) is 8.83. The summed E-state index contributed by atoms with van der Waals surface area (Å²) in [7, 11) is 0. The summed E-state index contributed by atoms with van der Waals surface area (Å²) in [6.07, 6.45) is 8.82. The van der Waals surface area contributed by atoms with Gasteiger partial charge in [0.15, 0.2) is 5.65 Å². The summed E-state index contributed by atoms with van der Waals surface area (Å²) in [6.45, 7) is 0.999. The Morgan fingerprint density at radius 2 is 2.00 bits per heavy atom. The van der Waals surface area contributed by atoms with Gasteiger partial charge in [-0.05, 0) is 23.1 Å². The normalized spacial score (nSPS) is 11.5. The van der Waals surface area contributed by atoms with E-state index in [0.29, 0.717) is 30.1 Å². The zero-order valence-electron chi connectivity index (χ0n) is 14.8. The van der Waals surface area contributed by atoms with Crippen LogP contribution in [0, 0.1) is 0 Å². The highest BCUT2D eigenvalue weighted by molar-refractivity contribution is 5.82. The molecule has 138 valence electrons. The van der Waals surface area contributed by atoms with Crippen LogP contribution in [-0.4, -0.2) is 51.4 Å². The van der Waals surface area contributed by atoms with Crippen LogP contribution in [0.25, 0.3) is 33.3 Å². The summed E-state index contributed by atoms with van der Waals surface area (Å²) >= 11 is 0. The largest absolute Gasteiger partial charge is 0.394 e. The van der Waals surface area contributed by atoms with Gasteiger partial charge in [-0.15, -0.1) is 5.10 Å². The van der Waals surface area contributed by atoms with Crippen LogP contribution in [0.1, 0.15) is 5.56 Å². The summed E-state index contributed by atoms with van der Waals surface area (Å²) in [5.41, 5.74) is 3.69. The summed E-state index contributed by atoms with van der Waals surface area (Å²) in [5.74, 6) is 0. The second-order valence-electron chi connectivity index (χ2n) is 6.42. The van der Waals surface area contributed by atoms with Gasteiger partial charge in [-0.25, -0.2) is 14.6 Å². The number of nitrogens with zero attached hydrogens (tertiary/aromatic N) is 8. The van der Waals surface area contributed by atoms with Crippen LogP contribution < -0.4 is 0 Å². The van der Waals surface area contributed by atoms with Crippen LogP contribution in [0.15, 0.2) is 55.2 Å². The average Bonchev–Trinajstić information content (AvgIpc) is 3.35. The van der Waals surface area contributed by atoms with E-state index >= 15 is 0 Å². The number of aliphatic hydroxyl groups excluding tert-OH is 1. The van der Waals surface area contributed by atoms with E-state index in [1.54, 1.807) is 28.0 Å². The molecule has 5 rings (SSSR count). The zero-order chi connectivity index (χ0) is 18.9. The molecule has 1 N–H and O–H groups in total. The standard InChI is InChI=1S/C19H16N8O/c28-6-5-26-12-16(9-22-26)17-10-21-18-19(23-17)27(25-24-18)11-13-1-2-14-3-4-20-8-15(14)7-13/h1-4,7-10,12,28H,5-6,11H2. The van der Waals surface area contributed by atoms with Crippen molar-refractivity contribution in [1.82, 2.24) is 39.7 Å². The highest BCUT2D eigenvalue weighted by Crippen LogP contribution is 2.19. The molecule has 0 aliphatic heterocycles. The molecule has 9 heteroatoms. The summed E-state index contributed by atoms with van der Waals surface area (Å²) in [6, 6.07) is 8.20. The number of hydrogen-bond donors (Lipinski definition) is 1. The minimum absolute atomic E-state index is 0.0315. The van der Waals surface area contributed by atoms with E-state index in [1.165, 1.54) is 0 Å². The van der Waals surface area contributed by atoms with Crippen LogP contribution in [0.3, 0.4) is 0 Å². The predicted molar refractivity (Wildman–Crippen MR) is 102 cm³/mol. The molecule has 0 aliphatic carbocycles. The van der Waals surface area contributed by atoms with Crippen molar-refractivity contribution in [1.29, 1.82) is 0 Å². The van der Waals surface area contributed by atoms with Gasteiger partial charge in [0.05, 0.1) is 37.8 Å². The summed E-state index contributed by atoms with van der Waals surface area (Å²) < 4.78 is 3.40. The average molecular weight is 372 g/mol. The maximum Gasteiger partial charge on any atom is 0.221 e. The van der Waals surface area contributed by atoms with E-state index in [2.05, 4.69) is 48.6 Å². The molecule has 0 unspecified atom stereocenters. The maximum absolute atomic E-state index is 9.04. The Hall–Kier alpha value is -3.72. The van der Waals surface area contributed by atoms with Crippen molar-refractivity contribution < 1.29 is 5.11 Å². The SMILES string of the molecule is OCCn1cc(-c2cnc3nnn(Cc4ccc5ccncc5c4)c3n2)cn1. The molecule has 0 saturated heterocycles. The molecule has 28 heavy (non-hydrogen) atoms. The zero-order valence-corrected chi connectivity index (χ0v) is 14.8. The van der Waals surface area contributed by atoms with Crippen molar-refractivity contribution in [2.75, 3.05) is 6.61 Å². The number of benzene rings is 1. The van der Waals surface area contributed by atoms with E-state index in [-0.39, 0.29) is 6.61 Å². The number of aliphatic hydroxyl groups is 1. The van der Waals surface area contributed by atoms with Crippen molar-refractivity contribution in [3.05, 3.63) is 60.8 Å². The van der Waals surface area contributed by atoms with E-state index in [9.17, 15) is 0 Å². The van der Waals surface area contributed by atoms with Gasteiger partial charge in [0.25, 0.3) is 0 Å². The quantitative estimate of drug-likeness (QED) is 0.500. The molecule has 0 amide bonds. The molecule has 0 fully saturated rings. The van der Waals surface area contributed by atoms with Gasteiger partial charge >= 0.3 is 0 Å². The van der Waals surface area contributed by atoms with Crippen LogP contribution in [0.4, 0.5) is 0 Å².